The minimum atomic E-state index is -0.371. The van der Waals surface area contributed by atoms with Gasteiger partial charge in [-0.2, -0.15) is 0 Å². The van der Waals surface area contributed by atoms with Crippen LogP contribution in [-0.2, 0) is 16.1 Å². The summed E-state index contributed by atoms with van der Waals surface area (Å²) in [6.07, 6.45) is -0.371. The molecule has 1 aromatic rings. The van der Waals surface area contributed by atoms with E-state index < -0.39 is 0 Å². The van der Waals surface area contributed by atoms with Crippen molar-refractivity contribution < 1.29 is 13.9 Å². The molecule has 1 aliphatic rings. The van der Waals surface area contributed by atoms with Gasteiger partial charge in [0.15, 0.2) is 0 Å². The predicted molar refractivity (Wildman–Crippen MR) is 69.8 cm³/mol. The SMILES string of the molecule is Cc1ccc(CN(C)C(=O)C2CNCCO2)o1.Cl. The average Bonchev–Trinajstić information content (AvgIpc) is 2.75. The second-order valence-electron chi connectivity index (χ2n) is 4.27. The van der Waals surface area contributed by atoms with Gasteiger partial charge >= 0.3 is 0 Å². The number of ether oxygens (including phenoxy) is 1. The van der Waals surface area contributed by atoms with Crippen LogP contribution in [0.15, 0.2) is 16.5 Å². The lowest BCUT2D eigenvalue weighted by Gasteiger charge is -2.26. The minimum Gasteiger partial charge on any atom is -0.464 e. The third-order valence-electron chi connectivity index (χ3n) is 2.77. The fourth-order valence-electron chi connectivity index (χ4n) is 1.85. The molecule has 6 heteroatoms. The molecule has 1 amide bonds. The van der Waals surface area contributed by atoms with E-state index in [4.69, 9.17) is 9.15 Å². The molecule has 1 saturated heterocycles. The number of nitrogens with zero attached hydrogens (tertiary/aromatic N) is 1. The Morgan fingerprint density at radius 3 is 2.89 bits per heavy atom. The van der Waals surface area contributed by atoms with E-state index in [1.54, 1.807) is 11.9 Å². The Balaban J connectivity index is 0.00000162. The van der Waals surface area contributed by atoms with Gasteiger partial charge in [-0.1, -0.05) is 0 Å². The van der Waals surface area contributed by atoms with Crippen molar-refractivity contribution in [2.45, 2.75) is 19.6 Å². The number of rotatable bonds is 3. The Kier molecular flexibility index (Phi) is 5.65. The third kappa shape index (κ3) is 3.73. The van der Waals surface area contributed by atoms with Crippen LogP contribution in [0.3, 0.4) is 0 Å². The molecule has 0 spiro atoms. The molecule has 0 aliphatic carbocycles. The number of hydrogen-bond donors (Lipinski definition) is 1. The Morgan fingerprint density at radius 1 is 1.56 bits per heavy atom. The zero-order chi connectivity index (χ0) is 12.3. The second-order valence-corrected chi connectivity index (χ2v) is 4.27. The lowest BCUT2D eigenvalue weighted by molar-refractivity contribution is -0.144. The van der Waals surface area contributed by atoms with Crippen LogP contribution in [0.4, 0.5) is 0 Å². The molecule has 2 rings (SSSR count). The normalized spacial score (nSPS) is 19.1. The number of furan rings is 1. The monoisotopic (exact) mass is 274 g/mol. The number of nitrogens with one attached hydrogen (secondary N) is 1. The number of morpholine rings is 1. The summed E-state index contributed by atoms with van der Waals surface area (Å²) in [5.41, 5.74) is 0. The van der Waals surface area contributed by atoms with E-state index in [1.807, 2.05) is 19.1 Å². The highest BCUT2D eigenvalue weighted by atomic mass is 35.5. The summed E-state index contributed by atoms with van der Waals surface area (Å²) in [6.45, 7) is 4.35. The van der Waals surface area contributed by atoms with Crippen LogP contribution in [0.2, 0.25) is 0 Å². The Labute approximate surface area is 113 Å². The molecular weight excluding hydrogens is 256 g/mol. The van der Waals surface area contributed by atoms with E-state index in [-0.39, 0.29) is 24.4 Å². The topological polar surface area (TPSA) is 54.7 Å². The van der Waals surface area contributed by atoms with E-state index in [0.29, 0.717) is 19.7 Å². The van der Waals surface area contributed by atoms with Crippen LogP contribution >= 0.6 is 12.4 Å². The van der Waals surface area contributed by atoms with Crippen molar-refractivity contribution in [3.05, 3.63) is 23.7 Å². The van der Waals surface area contributed by atoms with Crippen LogP contribution in [0.5, 0.6) is 0 Å². The first kappa shape index (κ1) is 15.0. The zero-order valence-corrected chi connectivity index (χ0v) is 11.5. The Bertz CT molecular complexity index is 388. The number of hydrogen-bond acceptors (Lipinski definition) is 4. The van der Waals surface area contributed by atoms with Gasteiger partial charge in [-0.3, -0.25) is 4.79 Å². The molecule has 1 unspecified atom stereocenters. The summed E-state index contributed by atoms with van der Waals surface area (Å²) < 4.78 is 10.9. The summed E-state index contributed by atoms with van der Waals surface area (Å²) >= 11 is 0. The summed E-state index contributed by atoms with van der Waals surface area (Å²) in [5.74, 6) is 1.64. The highest BCUT2D eigenvalue weighted by molar-refractivity contribution is 5.85. The van der Waals surface area contributed by atoms with Gasteiger partial charge in [0.2, 0.25) is 0 Å². The third-order valence-corrected chi connectivity index (χ3v) is 2.77. The van der Waals surface area contributed by atoms with Crippen molar-refractivity contribution in [3.63, 3.8) is 0 Å². The van der Waals surface area contributed by atoms with Crippen molar-refractivity contribution in [1.82, 2.24) is 10.2 Å². The Morgan fingerprint density at radius 2 is 2.33 bits per heavy atom. The van der Waals surface area contributed by atoms with Crippen LogP contribution in [-0.4, -0.2) is 43.7 Å². The molecule has 0 radical (unpaired) electrons. The average molecular weight is 275 g/mol. The van der Waals surface area contributed by atoms with Crippen molar-refractivity contribution in [1.29, 1.82) is 0 Å². The molecule has 102 valence electrons. The van der Waals surface area contributed by atoms with Crippen LogP contribution in [0.1, 0.15) is 11.5 Å². The van der Waals surface area contributed by atoms with E-state index in [0.717, 1.165) is 18.1 Å². The maximum atomic E-state index is 12.0. The van der Waals surface area contributed by atoms with Crippen molar-refractivity contribution >= 4 is 18.3 Å². The van der Waals surface area contributed by atoms with Crippen molar-refractivity contribution in [2.75, 3.05) is 26.7 Å². The van der Waals surface area contributed by atoms with Gasteiger partial charge in [0.1, 0.15) is 17.6 Å². The first-order valence-electron chi connectivity index (χ1n) is 5.79. The minimum absolute atomic E-state index is 0. The van der Waals surface area contributed by atoms with Crippen LogP contribution in [0, 0.1) is 6.92 Å². The van der Waals surface area contributed by atoms with Gasteiger partial charge in [0.05, 0.1) is 13.2 Å². The number of aryl methyl sites for hydroxylation is 1. The Hall–Kier alpha value is -1.04. The van der Waals surface area contributed by atoms with E-state index in [1.165, 1.54) is 0 Å². The molecule has 5 nitrogen and oxygen atoms in total. The van der Waals surface area contributed by atoms with Gasteiger partial charge in [0, 0.05) is 20.1 Å². The summed E-state index contributed by atoms with van der Waals surface area (Å²) in [4.78, 5) is 13.7. The number of halogens is 1. The van der Waals surface area contributed by atoms with Gasteiger partial charge in [-0.05, 0) is 19.1 Å². The van der Waals surface area contributed by atoms with Crippen LogP contribution < -0.4 is 5.32 Å². The van der Waals surface area contributed by atoms with Crippen molar-refractivity contribution in [3.8, 4) is 0 Å². The first-order chi connectivity index (χ1) is 8.16. The maximum absolute atomic E-state index is 12.0. The molecule has 1 fully saturated rings. The predicted octanol–water partition coefficient (Wildman–Crippen LogP) is 0.957. The largest absolute Gasteiger partial charge is 0.464 e. The zero-order valence-electron chi connectivity index (χ0n) is 10.6. The molecule has 2 heterocycles. The number of carbonyl (C=O) groups excluding carboxylic acids is 1. The lowest BCUT2D eigenvalue weighted by atomic mass is 10.2. The molecule has 1 atom stereocenters. The maximum Gasteiger partial charge on any atom is 0.253 e. The molecule has 1 N–H and O–H groups in total. The molecule has 18 heavy (non-hydrogen) atoms. The van der Waals surface area contributed by atoms with E-state index in [9.17, 15) is 4.79 Å². The smallest absolute Gasteiger partial charge is 0.253 e. The standard InChI is InChI=1S/C12H18N2O3.ClH/c1-9-3-4-10(17-9)8-14(2)12(15)11-7-13-5-6-16-11;/h3-4,11,13H,5-8H2,1-2H3;1H. The quantitative estimate of drug-likeness (QED) is 0.892. The van der Waals surface area contributed by atoms with Gasteiger partial charge < -0.3 is 19.4 Å². The molecule has 1 aromatic heterocycles. The first-order valence-corrected chi connectivity index (χ1v) is 5.79. The van der Waals surface area contributed by atoms with E-state index >= 15 is 0 Å². The summed E-state index contributed by atoms with van der Waals surface area (Å²) in [6, 6.07) is 3.78. The van der Waals surface area contributed by atoms with Crippen molar-refractivity contribution in [2.24, 2.45) is 0 Å². The summed E-state index contributed by atoms with van der Waals surface area (Å²) in [5, 5.41) is 3.14. The highest BCUT2D eigenvalue weighted by Gasteiger charge is 2.25. The van der Waals surface area contributed by atoms with Gasteiger partial charge in [-0.15, -0.1) is 12.4 Å². The fraction of sp³-hybridized carbons (Fsp3) is 0.583. The molecule has 0 saturated carbocycles. The van der Waals surface area contributed by atoms with Crippen LogP contribution in [0.25, 0.3) is 0 Å². The second kappa shape index (κ2) is 6.78. The molecular formula is C12H19ClN2O3. The van der Waals surface area contributed by atoms with E-state index in [2.05, 4.69) is 5.32 Å². The lowest BCUT2D eigenvalue weighted by Crippen LogP contribution is -2.48. The van der Waals surface area contributed by atoms with Gasteiger partial charge in [-0.25, -0.2) is 0 Å². The number of likely N-dealkylation sites (N-methyl/N-ethyl adjacent to an activating group) is 1. The molecule has 0 bridgehead atoms. The summed E-state index contributed by atoms with van der Waals surface area (Å²) in [7, 11) is 1.76. The fourth-order valence-corrected chi connectivity index (χ4v) is 1.85. The molecule has 1 aliphatic heterocycles. The molecule has 0 aromatic carbocycles. The number of carbonyl (C=O) groups is 1. The highest BCUT2D eigenvalue weighted by Crippen LogP contribution is 2.10. The van der Waals surface area contributed by atoms with Gasteiger partial charge in [0.25, 0.3) is 5.91 Å². The number of amides is 1.